The topological polar surface area (TPSA) is 208 Å². The van der Waals surface area contributed by atoms with Gasteiger partial charge >= 0.3 is 17.4 Å². The monoisotopic (exact) mass is 511 g/mol. The minimum Gasteiger partial charge on any atom is -0.548 e. The van der Waals surface area contributed by atoms with Crippen molar-refractivity contribution in [2.75, 3.05) is 0 Å². The van der Waals surface area contributed by atoms with Crippen LogP contribution < -0.4 is 31.3 Å². The van der Waals surface area contributed by atoms with Crippen LogP contribution in [0.4, 0.5) is 0 Å². The van der Waals surface area contributed by atoms with Gasteiger partial charge in [-0.25, -0.2) is 0 Å². The molecule has 0 aromatic heterocycles. The summed E-state index contributed by atoms with van der Waals surface area (Å²) in [4.78, 5) is 61.1. The third kappa shape index (κ3) is 12.1. The first kappa shape index (κ1) is 32.9. The van der Waals surface area contributed by atoms with Crippen LogP contribution in [0, 0.1) is 0 Å². The van der Waals surface area contributed by atoms with Gasteiger partial charge in [-0.3, -0.25) is 14.4 Å². The molecule has 3 atom stereocenters. The molecular formula is C15H19AlClN3O9Zn. The van der Waals surface area contributed by atoms with Crippen LogP contribution in [0.5, 0.6) is 0 Å². The van der Waals surface area contributed by atoms with Crippen molar-refractivity contribution in [2.24, 2.45) is 0 Å². The molecule has 30 heavy (non-hydrogen) atoms. The summed E-state index contributed by atoms with van der Waals surface area (Å²) in [7, 11) is 0. The molecule has 160 valence electrons. The number of nitrogens with one attached hydrogen (secondary N) is 3. The van der Waals surface area contributed by atoms with Crippen molar-refractivity contribution in [2.45, 2.75) is 56.7 Å². The fourth-order valence-corrected chi connectivity index (χ4v) is 2.37. The molecule has 0 aliphatic carbocycles. The van der Waals surface area contributed by atoms with E-state index in [0.29, 0.717) is 38.5 Å². The van der Waals surface area contributed by atoms with Crippen LogP contribution in [-0.4, -0.2) is 71.1 Å². The van der Waals surface area contributed by atoms with Crippen LogP contribution in [0.2, 0.25) is 0 Å². The molecule has 0 saturated carbocycles. The molecule has 3 aliphatic heterocycles. The standard InChI is InChI=1S/3C5H7NO3.Al.ClH.Zn/c3*7-4-2-1-3(6-4)5(8)9;;;/h3*3H,1-2H2,(H,6,7)(H,8,9);;1H;/q;;;+3;;/p-3. The summed E-state index contributed by atoms with van der Waals surface area (Å²) in [6.45, 7) is 0. The van der Waals surface area contributed by atoms with Gasteiger partial charge in [0.1, 0.15) is 0 Å². The number of carbonyl (C=O) groups excluding carboxylic acids is 6. The van der Waals surface area contributed by atoms with Gasteiger partial charge in [0.25, 0.3) is 0 Å². The molecule has 15 heteroatoms. The summed E-state index contributed by atoms with van der Waals surface area (Å²) in [6.07, 6.45) is 2.00. The van der Waals surface area contributed by atoms with Gasteiger partial charge in [0.05, 0.1) is 36.0 Å². The van der Waals surface area contributed by atoms with Crippen molar-refractivity contribution in [1.82, 2.24) is 16.0 Å². The quantitative estimate of drug-likeness (QED) is 0.307. The average Bonchev–Trinajstić information content (AvgIpc) is 3.30. The van der Waals surface area contributed by atoms with Gasteiger partial charge in [0.2, 0.25) is 17.7 Å². The second kappa shape index (κ2) is 16.0. The van der Waals surface area contributed by atoms with E-state index in [1.54, 1.807) is 0 Å². The van der Waals surface area contributed by atoms with E-state index in [1.807, 2.05) is 0 Å². The summed E-state index contributed by atoms with van der Waals surface area (Å²) in [6, 6.07) is -2.26. The fourth-order valence-electron chi connectivity index (χ4n) is 2.37. The Morgan fingerprint density at radius 3 is 0.900 bits per heavy atom. The molecule has 0 aromatic carbocycles. The van der Waals surface area contributed by atoms with Crippen molar-refractivity contribution in [1.29, 1.82) is 0 Å². The first-order valence-electron chi connectivity index (χ1n) is 8.10. The van der Waals surface area contributed by atoms with E-state index >= 15 is 0 Å². The Bertz CT molecular complexity index is 567. The molecule has 3 saturated heterocycles. The smallest absolute Gasteiger partial charge is 0.548 e. The minimum atomic E-state index is -1.19. The molecule has 0 radical (unpaired) electrons. The van der Waals surface area contributed by atoms with Crippen molar-refractivity contribution in [3.63, 3.8) is 0 Å². The molecule has 0 bridgehead atoms. The number of hydrogen-bond donors (Lipinski definition) is 3. The molecule has 12 nitrogen and oxygen atoms in total. The molecule has 3 heterocycles. The second-order valence-corrected chi connectivity index (χ2v) is 5.93. The predicted molar refractivity (Wildman–Crippen MR) is 91.5 cm³/mol. The Labute approximate surface area is 201 Å². The van der Waals surface area contributed by atoms with Crippen LogP contribution in [0.15, 0.2) is 0 Å². The Morgan fingerprint density at radius 2 is 0.833 bits per heavy atom. The Balaban J connectivity index is -0.000000347. The van der Waals surface area contributed by atoms with E-state index < -0.39 is 36.0 Å². The van der Waals surface area contributed by atoms with Crippen LogP contribution in [0.1, 0.15) is 38.5 Å². The average molecular weight is 513 g/mol. The van der Waals surface area contributed by atoms with Gasteiger partial charge in [-0.15, -0.1) is 12.4 Å². The Kier molecular flexibility index (Phi) is 17.6. The van der Waals surface area contributed by atoms with E-state index in [0.717, 1.165) is 0 Å². The SMILES string of the molecule is Cl.O=C1CCC(C(=O)[O-])N1.O=C1CCC(C(=O)[O-])N1.O=C1CCC(C(=O)[O-])N1.[Al+3].[Zn]. The van der Waals surface area contributed by atoms with E-state index in [4.69, 9.17) is 0 Å². The van der Waals surface area contributed by atoms with Gasteiger partial charge in [-0.2, -0.15) is 0 Å². The number of amides is 3. The number of aliphatic carboxylic acids is 3. The summed E-state index contributed by atoms with van der Waals surface area (Å²) in [5, 5.41) is 36.8. The summed E-state index contributed by atoms with van der Waals surface area (Å²) >= 11 is 0. The molecule has 0 spiro atoms. The number of halogens is 1. The first-order chi connectivity index (χ1) is 12.6. The van der Waals surface area contributed by atoms with Crippen molar-refractivity contribution < 1.29 is 63.6 Å². The Morgan fingerprint density at radius 1 is 0.633 bits per heavy atom. The third-order valence-electron chi connectivity index (χ3n) is 3.84. The van der Waals surface area contributed by atoms with E-state index in [9.17, 15) is 44.1 Å². The van der Waals surface area contributed by atoms with Crippen LogP contribution in [0.3, 0.4) is 0 Å². The maximum Gasteiger partial charge on any atom is 3.00 e. The number of carbonyl (C=O) groups is 6. The van der Waals surface area contributed by atoms with Gasteiger partial charge in [-0.1, -0.05) is 0 Å². The maximum atomic E-state index is 10.4. The molecular weight excluding hydrogens is 494 g/mol. The third-order valence-corrected chi connectivity index (χ3v) is 3.84. The molecule has 3 unspecified atom stereocenters. The summed E-state index contributed by atoms with van der Waals surface area (Å²) in [5.41, 5.74) is 0. The Hall–Kier alpha value is -1.73. The number of hydrogen-bond acceptors (Lipinski definition) is 9. The molecule has 3 fully saturated rings. The van der Waals surface area contributed by atoms with Crippen LogP contribution in [0.25, 0.3) is 0 Å². The zero-order chi connectivity index (χ0) is 20.6. The largest absolute Gasteiger partial charge is 3.00 e. The molecule has 3 amide bonds. The van der Waals surface area contributed by atoms with Crippen molar-refractivity contribution >= 4 is 65.4 Å². The van der Waals surface area contributed by atoms with Gasteiger partial charge in [-0.05, 0) is 19.3 Å². The summed E-state index contributed by atoms with van der Waals surface area (Å²) < 4.78 is 0. The molecule has 3 N–H and O–H groups in total. The number of carboxylic acid groups (broad SMARTS) is 3. The predicted octanol–water partition coefficient (Wildman–Crippen LogP) is -5.92. The number of carboxylic acids is 3. The van der Waals surface area contributed by atoms with Crippen molar-refractivity contribution in [3.05, 3.63) is 0 Å². The molecule has 0 aromatic rings. The molecule has 3 aliphatic rings. The fraction of sp³-hybridized carbons (Fsp3) is 0.600. The van der Waals surface area contributed by atoms with Gasteiger partial charge in [0.15, 0.2) is 0 Å². The van der Waals surface area contributed by atoms with Crippen molar-refractivity contribution in [3.8, 4) is 0 Å². The second-order valence-electron chi connectivity index (χ2n) is 5.93. The normalized spacial score (nSPS) is 23.2. The van der Waals surface area contributed by atoms with Gasteiger partial charge < -0.3 is 45.7 Å². The minimum absolute atomic E-state index is 0. The van der Waals surface area contributed by atoms with Crippen LogP contribution >= 0.6 is 12.4 Å². The van der Waals surface area contributed by atoms with E-state index in [2.05, 4.69) is 16.0 Å². The number of rotatable bonds is 3. The van der Waals surface area contributed by atoms with E-state index in [-0.39, 0.29) is 67.0 Å². The van der Waals surface area contributed by atoms with Gasteiger partial charge in [0, 0.05) is 38.7 Å². The zero-order valence-electron chi connectivity index (χ0n) is 15.8. The maximum absolute atomic E-state index is 10.4. The van der Waals surface area contributed by atoms with E-state index in [1.165, 1.54) is 0 Å². The summed E-state index contributed by atoms with van der Waals surface area (Å²) in [5.74, 6) is -4.19. The molecule has 3 rings (SSSR count). The first-order valence-corrected chi connectivity index (χ1v) is 8.10. The van der Waals surface area contributed by atoms with Crippen LogP contribution in [-0.2, 0) is 48.2 Å². The zero-order valence-corrected chi connectivity index (χ0v) is 20.8.